The van der Waals surface area contributed by atoms with Gasteiger partial charge < -0.3 is 19.9 Å². The number of piperidine rings is 2. The van der Waals surface area contributed by atoms with E-state index in [1.165, 1.54) is 0 Å². The maximum absolute atomic E-state index is 13.2. The van der Waals surface area contributed by atoms with Gasteiger partial charge in [0.2, 0.25) is 5.91 Å². The van der Waals surface area contributed by atoms with E-state index in [2.05, 4.69) is 41.2 Å². The topological polar surface area (TPSA) is 119 Å². The van der Waals surface area contributed by atoms with Crippen LogP contribution in [0.15, 0.2) is 23.1 Å². The van der Waals surface area contributed by atoms with Crippen LogP contribution in [0.3, 0.4) is 0 Å². The summed E-state index contributed by atoms with van der Waals surface area (Å²) in [7, 11) is 2.09. The number of carbonyl (C=O) groups is 1. The molecule has 0 saturated carbocycles. The zero-order chi connectivity index (χ0) is 28.6. The lowest BCUT2D eigenvalue weighted by Gasteiger charge is -2.37. The van der Waals surface area contributed by atoms with E-state index in [1.54, 1.807) is 6.20 Å². The number of amides is 1. The molecule has 40 heavy (non-hydrogen) atoms. The second-order valence-electron chi connectivity index (χ2n) is 12.0. The summed E-state index contributed by atoms with van der Waals surface area (Å²) >= 11 is 0. The van der Waals surface area contributed by atoms with Gasteiger partial charge in [-0.1, -0.05) is 0 Å². The van der Waals surface area contributed by atoms with Crippen LogP contribution in [0.1, 0.15) is 85.8 Å². The number of fused-ring (bicyclic) bond motifs is 1. The molecule has 0 aromatic carbocycles. The van der Waals surface area contributed by atoms with E-state index in [9.17, 15) is 14.7 Å². The minimum absolute atomic E-state index is 0.0994. The first kappa shape index (κ1) is 28.4. The minimum Gasteiger partial charge on any atom is -0.374 e. The minimum atomic E-state index is -1.00. The molecule has 0 spiro atoms. The summed E-state index contributed by atoms with van der Waals surface area (Å²) in [5.41, 5.74) is 4.52. The van der Waals surface area contributed by atoms with Gasteiger partial charge in [-0.15, -0.1) is 0 Å². The molecule has 216 valence electrons. The third kappa shape index (κ3) is 5.84. The Bertz CT molecular complexity index is 1420. The van der Waals surface area contributed by atoms with Gasteiger partial charge in [0.05, 0.1) is 12.1 Å². The van der Waals surface area contributed by atoms with Gasteiger partial charge in [0, 0.05) is 66.0 Å². The molecule has 0 aliphatic carbocycles. The number of hydrogen-bond acceptors (Lipinski definition) is 7. The molecule has 0 bridgehead atoms. The van der Waals surface area contributed by atoms with Crippen molar-refractivity contribution in [1.82, 2.24) is 34.9 Å². The van der Waals surface area contributed by atoms with Crippen molar-refractivity contribution in [2.24, 2.45) is 5.92 Å². The number of nitrogens with zero attached hydrogens (tertiary/aromatic N) is 5. The summed E-state index contributed by atoms with van der Waals surface area (Å²) in [4.78, 5) is 37.9. The molecule has 5 rings (SSSR count). The van der Waals surface area contributed by atoms with Crippen molar-refractivity contribution in [3.05, 3.63) is 56.8 Å². The van der Waals surface area contributed by atoms with E-state index in [4.69, 9.17) is 4.98 Å². The van der Waals surface area contributed by atoms with Crippen molar-refractivity contribution >= 4 is 16.9 Å². The van der Waals surface area contributed by atoms with Crippen molar-refractivity contribution in [3.8, 4) is 0 Å². The number of rotatable bonds is 7. The van der Waals surface area contributed by atoms with Crippen molar-refractivity contribution in [2.45, 2.75) is 78.1 Å². The van der Waals surface area contributed by atoms with E-state index in [1.807, 2.05) is 35.6 Å². The molecule has 3 aromatic rings. The predicted octanol–water partition coefficient (Wildman–Crippen LogP) is 3.15. The lowest BCUT2D eigenvalue weighted by molar-refractivity contribution is -0.138. The van der Waals surface area contributed by atoms with Gasteiger partial charge >= 0.3 is 0 Å². The monoisotopic (exact) mass is 549 g/mol. The zero-order valence-electron chi connectivity index (χ0n) is 24.4. The van der Waals surface area contributed by atoms with Crippen LogP contribution in [0.4, 0.5) is 0 Å². The number of aromatic nitrogens is 4. The van der Waals surface area contributed by atoms with Crippen molar-refractivity contribution in [1.29, 1.82) is 0 Å². The van der Waals surface area contributed by atoms with Crippen LogP contribution in [0.2, 0.25) is 0 Å². The number of H-pyrrole nitrogens is 1. The Morgan fingerprint density at radius 2 is 1.93 bits per heavy atom. The molecule has 3 N–H and O–H groups in total. The van der Waals surface area contributed by atoms with Gasteiger partial charge in [0.25, 0.3) is 5.56 Å². The fourth-order valence-electron chi connectivity index (χ4n) is 6.31. The van der Waals surface area contributed by atoms with Gasteiger partial charge in [-0.25, -0.2) is 9.67 Å². The molecule has 5 heterocycles. The highest BCUT2D eigenvalue weighted by molar-refractivity contribution is 5.80. The number of likely N-dealkylation sites (tertiary alicyclic amines) is 2. The van der Waals surface area contributed by atoms with Crippen LogP contribution in [0, 0.1) is 19.8 Å². The van der Waals surface area contributed by atoms with Crippen LogP contribution in [0.25, 0.3) is 11.0 Å². The third-order valence-corrected chi connectivity index (χ3v) is 8.57. The molecule has 2 unspecified atom stereocenters. The summed E-state index contributed by atoms with van der Waals surface area (Å²) in [5.74, 6) is 0.571. The Balaban J connectivity index is 1.36. The molecule has 2 atom stereocenters. The summed E-state index contributed by atoms with van der Waals surface area (Å²) < 4.78 is 1.89. The molecule has 2 aliphatic heterocycles. The first-order chi connectivity index (χ1) is 19.1. The zero-order valence-corrected chi connectivity index (χ0v) is 24.4. The van der Waals surface area contributed by atoms with Gasteiger partial charge in [-0.3, -0.25) is 14.9 Å². The van der Waals surface area contributed by atoms with E-state index < -0.39 is 6.23 Å². The van der Waals surface area contributed by atoms with E-state index in [0.29, 0.717) is 11.1 Å². The molecule has 10 heteroatoms. The van der Waals surface area contributed by atoms with Crippen LogP contribution in [0.5, 0.6) is 0 Å². The lowest BCUT2D eigenvalue weighted by Crippen LogP contribution is -2.46. The van der Waals surface area contributed by atoms with Crippen molar-refractivity contribution in [3.63, 3.8) is 0 Å². The second kappa shape index (κ2) is 11.8. The van der Waals surface area contributed by atoms with Gasteiger partial charge in [0.1, 0.15) is 6.23 Å². The van der Waals surface area contributed by atoms with E-state index in [0.717, 1.165) is 79.8 Å². The van der Waals surface area contributed by atoms with Crippen molar-refractivity contribution < 1.29 is 9.90 Å². The summed E-state index contributed by atoms with van der Waals surface area (Å²) in [6.07, 6.45) is 4.49. The normalized spacial score (nSPS) is 20.0. The molecular formula is C30H43N7O3. The molecule has 2 fully saturated rings. The predicted molar refractivity (Wildman–Crippen MR) is 155 cm³/mol. The lowest BCUT2D eigenvalue weighted by atomic mass is 9.90. The first-order valence-corrected chi connectivity index (χ1v) is 14.6. The van der Waals surface area contributed by atoms with Gasteiger partial charge in [-0.2, -0.15) is 5.10 Å². The number of nitrogens with one attached hydrogen (secondary N) is 2. The number of pyridine rings is 2. The maximum atomic E-state index is 13.2. The Morgan fingerprint density at radius 1 is 1.18 bits per heavy atom. The average molecular weight is 550 g/mol. The fourth-order valence-corrected chi connectivity index (χ4v) is 6.31. The molecular weight excluding hydrogens is 506 g/mol. The fraction of sp³-hybridized carbons (Fsp3) is 0.600. The molecule has 1 amide bonds. The Hall–Kier alpha value is -3.08. The molecule has 0 radical (unpaired) electrons. The highest BCUT2D eigenvalue weighted by Gasteiger charge is 2.32. The SMILES string of the molecule is Cc1cc(C)c(CNC(O)c2cc(C3CCN(C(=O)C4CCCN(C)C4)CC3)nc3c2cnn3C(C)C)c(=O)[nH]1. The Kier molecular flexibility index (Phi) is 8.39. The quantitative estimate of drug-likeness (QED) is 0.388. The number of carbonyl (C=O) groups excluding carboxylic acids is 1. The van der Waals surface area contributed by atoms with E-state index in [-0.39, 0.29) is 35.9 Å². The summed E-state index contributed by atoms with van der Waals surface area (Å²) in [6, 6.07) is 4.03. The van der Waals surface area contributed by atoms with Crippen molar-refractivity contribution in [2.75, 3.05) is 33.2 Å². The standard InChI is InChI=1S/C30H43N7O3/c1-18(2)37-27-25(16-32-37)23(28(38)31-15-24-19(3)13-20(4)33-29(24)39)14-26(34-27)21-8-11-36(12-9-21)30(40)22-7-6-10-35(5)17-22/h13-14,16,18,21-22,28,31,38H,6-12,15,17H2,1-5H3,(H,33,39). The number of hydrogen-bond donors (Lipinski definition) is 3. The van der Waals surface area contributed by atoms with Crippen LogP contribution in [-0.4, -0.2) is 73.8 Å². The first-order valence-electron chi connectivity index (χ1n) is 14.6. The number of aliphatic hydroxyl groups excluding tert-OH is 1. The third-order valence-electron chi connectivity index (χ3n) is 8.57. The van der Waals surface area contributed by atoms with Crippen LogP contribution in [-0.2, 0) is 11.3 Å². The van der Waals surface area contributed by atoms with Crippen LogP contribution >= 0.6 is 0 Å². The number of aliphatic hydroxyl groups is 1. The number of aryl methyl sites for hydroxylation is 2. The Morgan fingerprint density at radius 3 is 2.60 bits per heavy atom. The molecule has 10 nitrogen and oxygen atoms in total. The summed E-state index contributed by atoms with van der Waals surface area (Å²) in [6.45, 7) is 11.5. The molecule has 2 aliphatic rings. The highest BCUT2D eigenvalue weighted by atomic mass is 16.3. The van der Waals surface area contributed by atoms with E-state index >= 15 is 0 Å². The largest absolute Gasteiger partial charge is 0.374 e. The average Bonchev–Trinajstić information content (AvgIpc) is 3.36. The molecule has 2 saturated heterocycles. The molecule has 3 aromatic heterocycles. The second-order valence-corrected chi connectivity index (χ2v) is 12.0. The smallest absolute Gasteiger partial charge is 0.252 e. The maximum Gasteiger partial charge on any atom is 0.252 e. The van der Waals surface area contributed by atoms with Gasteiger partial charge in [-0.05, 0) is 84.7 Å². The highest BCUT2D eigenvalue weighted by Crippen LogP contribution is 2.33. The van der Waals surface area contributed by atoms with Crippen LogP contribution < -0.4 is 10.9 Å². The van der Waals surface area contributed by atoms with Gasteiger partial charge in [0.15, 0.2) is 5.65 Å². The Labute approximate surface area is 235 Å². The summed E-state index contributed by atoms with van der Waals surface area (Å²) in [5, 5.41) is 19.8. The number of aromatic amines is 1.